The van der Waals surface area contributed by atoms with Crippen LogP contribution in [-0.2, 0) is 4.79 Å². The molecule has 0 spiro atoms. The van der Waals surface area contributed by atoms with Crippen LogP contribution in [0.1, 0.15) is 73.2 Å². The van der Waals surface area contributed by atoms with Crippen LogP contribution in [0.4, 0.5) is 0 Å². The molecule has 2 amide bonds. The zero-order valence-electron chi connectivity index (χ0n) is 16.2. The fourth-order valence-electron chi connectivity index (χ4n) is 2.91. The topological polar surface area (TPSA) is 84.0 Å². The second kappa shape index (κ2) is 6.61. The van der Waals surface area contributed by atoms with Crippen molar-refractivity contribution in [1.82, 2.24) is 20.6 Å². The Morgan fingerprint density at radius 2 is 1.85 bits per heavy atom. The van der Waals surface area contributed by atoms with Gasteiger partial charge in [0.1, 0.15) is 16.7 Å². The van der Waals surface area contributed by atoms with E-state index in [-0.39, 0.29) is 17.4 Å². The van der Waals surface area contributed by atoms with E-state index in [1.165, 1.54) is 11.3 Å². The van der Waals surface area contributed by atoms with E-state index in [1.54, 1.807) is 6.92 Å². The smallest absolute Gasteiger partial charge is 0.262 e. The first kappa shape index (κ1) is 18.8. The maximum atomic E-state index is 12.7. The summed E-state index contributed by atoms with van der Waals surface area (Å²) in [6.45, 7) is 11.3. The summed E-state index contributed by atoms with van der Waals surface area (Å²) in [6, 6.07) is -0.611. The summed E-state index contributed by atoms with van der Waals surface area (Å²) in [5, 5.41) is 6.64. The zero-order valence-corrected chi connectivity index (χ0v) is 17.0. The van der Waals surface area contributed by atoms with Crippen LogP contribution in [0.3, 0.4) is 0 Å². The van der Waals surface area contributed by atoms with Crippen LogP contribution in [0.2, 0.25) is 0 Å². The van der Waals surface area contributed by atoms with Gasteiger partial charge in [-0.1, -0.05) is 0 Å². The zero-order chi connectivity index (χ0) is 19.2. The van der Waals surface area contributed by atoms with Crippen molar-refractivity contribution in [3.8, 4) is 0 Å². The van der Waals surface area contributed by atoms with E-state index in [4.69, 9.17) is 0 Å². The lowest BCUT2D eigenvalue weighted by atomic mass is 10.1. The number of nitrogens with zero attached hydrogens (tertiary/aromatic N) is 2. The van der Waals surface area contributed by atoms with E-state index in [9.17, 15) is 9.59 Å². The van der Waals surface area contributed by atoms with Crippen molar-refractivity contribution in [3.05, 3.63) is 22.0 Å². The van der Waals surface area contributed by atoms with Crippen LogP contribution in [0.5, 0.6) is 0 Å². The molecular formula is C19H26N4O2S. The standard InChI is InChI=1S/C19H26N4O2S/c1-9-13-10(2)20-15(12-7-8-12)22-18(13)26-14(9)17(25)21-11(3)16(24)23-19(4,5)6/h11-12H,7-8H2,1-6H3,(H,21,25)(H,23,24). The Labute approximate surface area is 157 Å². The third-order valence-electron chi connectivity index (χ3n) is 4.38. The van der Waals surface area contributed by atoms with Crippen molar-refractivity contribution in [2.75, 3.05) is 0 Å². The molecule has 2 aromatic rings. The minimum Gasteiger partial charge on any atom is -0.350 e. The maximum absolute atomic E-state index is 12.7. The van der Waals surface area contributed by atoms with E-state index in [1.807, 2.05) is 34.6 Å². The highest BCUT2D eigenvalue weighted by Gasteiger charge is 2.29. The molecule has 1 unspecified atom stereocenters. The monoisotopic (exact) mass is 374 g/mol. The number of hydrogen-bond donors (Lipinski definition) is 2. The predicted octanol–water partition coefficient (Wildman–Crippen LogP) is 3.22. The van der Waals surface area contributed by atoms with Gasteiger partial charge in [0.15, 0.2) is 0 Å². The van der Waals surface area contributed by atoms with Gasteiger partial charge in [0.25, 0.3) is 5.91 Å². The summed E-state index contributed by atoms with van der Waals surface area (Å²) in [7, 11) is 0. The highest BCUT2D eigenvalue weighted by molar-refractivity contribution is 7.20. The lowest BCUT2D eigenvalue weighted by molar-refractivity contribution is -0.124. The molecule has 2 aromatic heterocycles. The minimum absolute atomic E-state index is 0.198. The van der Waals surface area contributed by atoms with Crippen LogP contribution in [0.25, 0.3) is 10.2 Å². The third-order valence-corrected chi connectivity index (χ3v) is 5.56. The fourth-order valence-corrected chi connectivity index (χ4v) is 4.05. The third kappa shape index (κ3) is 3.87. The molecule has 2 N–H and O–H groups in total. The van der Waals surface area contributed by atoms with Gasteiger partial charge in [-0.3, -0.25) is 9.59 Å². The van der Waals surface area contributed by atoms with Crippen molar-refractivity contribution in [3.63, 3.8) is 0 Å². The number of carbonyl (C=O) groups is 2. The normalized spacial score (nSPS) is 15.8. The maximum Gasteiger partial charge on any atom is 0.262 e. The number of rotatable bonds is 4. The summed E-state index contributed by atoms with van der Waals surface area (Å²) in [6.07, 6.45) is 2.28. The Balaban J connectivity index is 1.83. The quantitative estimate of drug-likeness (QED) is 0.861. The van der Waals surface area contributed by atoms with Crippen molar-refractivity contribution in [2.45, 2.75) is 71.9 Å². The number of aryl methyl sites for hydroxylation is 2. The second-order valence-electron chi connectivity index (χ2n) is 8.11. The fraction of sp³-hybridized carbons (Fsp3) is 0.579. The molecule has 140 valence electrons. The molecule has 3 rings (SSSR count). The van der Waals surface area contributed by atoms with E-state index >= 15 is 0 Å². The van der Waals surface area contributed by atoms with Gasteiger partial charge in [0.2, 0.25) is 5.91 Å². The average molecular weight is 375 g/mol. The molecule has 0 saturated heterocycles. The summed E-state index contributed by atoms with van der Waals surface area (Å²) in [4.78, 5) is 35.7. The Morgan fingerprint density at radius 3 is 2.42 bits per heavy atom. The molecule has 2 heterocycles. The van der Waals surface area contributed by atoms with Crippen molar-refractivity contribution in [1.29, 1.82) is 0 Å². The van der Waals surface area contributed by atoms with E-state index in [0.29, 0.717) is 10.8 Å². The van der Waals surface area contributed by atoms with Crippen molar-refractivity contribution >= 4 is 33.4 Å². The number of thiophene rings is 1. The highest BCUT2D eigenvalue weighted by Crippen LogP contribution is 2.40. The number of hydrogen-bond acceptors (Lipinski definition) is 5. The summed E-state index contributed by atoms with van der Waals surface area (Å²) in [5.41, 5.74) is 1.46. The summed E-state index contributed by atoms with van der Waals surface area (Å²) >= 11 is 1.38. The number of nitrogens with one attached hydrogen (secondary N) is 2. The van der Waals surface area contributed by atoms with Crippen molar-refractivity contribution in [2.24, 2.45) is 0 Å². The Morgan fingerprint density at radius 1 is 1.19 bits per heavy atom. The molecule has 6 nitrogen and oxygen atoms in total. The SMILES string of the molecule is Cc1nc(C2CC2)nc2sc(C(=O)NC(C)C(=O)NC(C)(C)C)c(C)c12. The lowest BCUT2D eigenvalue weighted by Gasteiger charge is -2.23. The molecule has 1 atom stereocenters. The van der Waals surface area contributed by atoms with Crippen LogP contribution in [0.15, 0.2) is 0 Å². The van der Waals surface area contributed by atoms with E-state index in [2.05, 4.69) is 20.6 Å². The van der Waals surface area contributed by atoms with Gasteiger partial charge in [-0.25, -0.2) is 9.97 Å². The van der Waals surface area contributed by atoms with Gasteiger partial charge >= 0.3 is 0 Å². The first-order chi connectivity index (χ1) is 12.1. The van der Waals surface area contributed by atoms with Crippen LogP contribution in [-0.4, -0.2) is 33.4 Å². The molecule has 0 aromatic carbocycles. The Kier molecular flexibility index (Phi) is 4.77. The molecule has 1 saturated carbocycles. The predicted molar refractivity (Wildman–Crippen MR) is 104 cm³/mol. The molecule has 0 bridgehead atoms. The van der Waals surface area contributed by atoms with Gasteiger partial charge in [-0.15, -0.1) is 11.3 Å². The van der Waals surface area contributed by atoms with Crippen molar-refractivity contribution < 1.29 is 9.59 Å². The van der Waals surface area contributed by atoms with Gasteiger partial charge < -0.3 is 10.6 Å². The molecule has 0 aliphatic heterocycles. The number of aromatic nitrogens is 2. The van der Waals surface area contributed by atoms with Crippen LogP contribution in [0, 0.1) is 13.8 Å². The minimum atomic E-state index is -0.611. The van der Waals surface area contributed by atoms with Crippen LogP contribution >= 0.6 is 11.3 Å². The highest BCUT2D eigenvalue weighted by atomic mass is 32.1. The summed E-state index contributed by atoms with van der Waals surface area (Å²) < 4.78 is 0. The average Bonchev–Trinajstić information content (AvgIpc) is 3.29. The molecule has 1 aliphatic rings. The van der Waals surface area contributed by atoms with Gasteiger partial charge in [0, 0.05) is 16.8 Å². The molecule has 0 radical (unpaired) electrons. The number of amides is 2. The molecule has 1 fully saturated rings. The van der Waals surface area contributed by atoms with Gasteiger partial charge in [0.05, 0.1) is 10.6 Å². The van der Waals surface area contributed by atoms with Crippen LogP contribution < -0.4 is 10.6 Å². The summed E-state index contributed by atoms with van der Waals surface area (Å²) in [5.74, 6) is 0.922. The van der Waals surface area contributed by atoms with Gasteiger partial charge in [-0.2, -0.15) is 0 Å². The first-order valence-corrected chi connectivity index (χ1v) is 9.79. The van der Waals surface area contributed by atoms with Gasteiger partial charge in [-0.05, 0) is 59.9 Å². The lowest BCUT2D eigenvalue weighted by Crippen LogP contribution is -2.50. The molecule has 7 heteroatoms. The van der Waals surface area contributed by atoms with E-state index in [0.717, 1.165) is 40.1 Å². The number of fused-ring (bicyclic) bond motifs is 1. The molecule has 1 aliphatic carbocycles. The molecule has 26 heavy (non-hydrogen) atoms. The van der Waals surface area contributed by atoms with E-state index < -0.39 is 6.04 Å². The second-order valence-corrected chi connectivity index (χ2v) is 9.11. The Hall–Kier alpha value is -2.02. The first-order valence-electron chi connectivity index (χ1n) is 8.97. The number of carbonyl (C=O) groups excluding carboxylic acids is 2. The molecular weight excluding hydrogens is 348 g/mol. The largest absolute Gasteiger partial charge is 0.350 e. The Bertz CT molecular complexity index is 878.